The van der Waals surface area contributed by atoms with Crippen LogP contribution in [0.1, 0.15) is 24.0 Å². The zero-order valence-corrected chi connectivity index (χ0v) is 18.8. The summed E-state index contributed by atoms with van der Waals surface area (Å²) in [5, 5.41) is 6.79. The first-order chi connectivity index (χ1) is 16.1. The van der Waals surface area contributed by atoms with E-state index in [1.54, 1.807) is 56.7 Å². The van der Waals surface area contributed by atoms with Crippen LogP contribution in [-0.4, -0.2) is 58.1 Å². The van der Waals surface area contributed by atoms with Crippen LogP contribution in [0.4, 0.5) is 0 Å². The van der Waals surface area contributed by atoms with Crippen LogP contribution in [0, 0.1) is 0 Å². The van der Waals surface area contributed by atoms with Crippen LogP contribution in [0.15, 0.2) is 47.6 Å². The van der Waals surface area contributed by atoms with Crippen LogP contribution in [-0.2, 0) is 20.7 Å². The van der Waals surface area contributed by atoms with Gasteiger partial charge in [0.25, 0.3) is 5.91 Å². The first kappa shape index (κ1) is 24.1. The Bertz CT molecular complexity index is 955. The molecule has 1 atom stereocenters. The van der Waals surface area contributed by atoms with Crippen molar-refractivity contribution in [2.75, 3.05) is 34.0 Å². The minimum absolute atomic E-state index is 0.0631. The van der Waals surface area contributed by atoms with E-state index in [0.717, 1.165) is 30.6 Å². The van der Waals surface area contributed by atoms with Gasteiger partial charge in [-0.15, -0.1) is 0 Å². The first-order valence-corrected chi connectivity index (χ1v) is 10.7. The lowest BCUT2D eigenvalue weighted by Gasteiger charge is -2.11. The fourth-order valence-electron chi connectivity index (χ4n) is 3.28. The van der Waals surface area contributed by atoms with Crippen molar-refractivity contribution in [3.8, 4) is 17.2 Å². The number of hydrogen-bond donors (Lipinski definition) is 2. The number of methoxy groups -OCH3 is 2. The van der Waals surface area contributed by atoms with Gasteiger partial charge in [0.2, 0.25) is 5.91 Å². The zero-order chi connectivity index (χ0) is 23.5. The minimum Gasteiger partial charge on any atom is -0.493 e. The number of hydrazone groups is 1. The lowest BCUT2D eigenvalue weighted by Crippen LogP contribution is -2.35. The zero-order valence-electron chi connectivity index (χ0n) is 18.8. The summed E-state index contributed by atoms with van der Waals surface area (Å²) in [6.45, 7) is 1.20. The number of amides is 2. The van der Waals surface area contributed by atoms with Gasteiger partial charge in [-0.05, 0) is 60.4 Å². The molecule has 2 aromatic rings. The minimum atomic E-state index is -0.257. The van der Waals surface area contributed by atoms with Gasteiger partial charge >= 0.3 is 0 Å². The number of benzene rings is 2. The number of nitrogens with zero attached hydrogens (tertiary/aromatic N) is 1. The second-order valence-corrected chi connectivity index (χ2v) is 7.46. The van der Waals surface area contributed by atoms with Crippen LogP contribution >= 0.6 is 0 Å². The topological polar surface area (TPSA) is 107 Å². The monoisotopic (exact) mass is 455 g/mol. The van der Waals surface area contributed by atoms with Gasteiger partial charge in [-0.25, -0.2) is 5.43 Å². The third kappa shape index (κ3) is 7.80. The predicted molar refractivity (Wildman–Crippen MR) is 123 cm³/mol. The molecule has 0 spiro atoms. The second-order valence-electron chi connectivity index (χ2n) is 7.46. The van der Waals surface area contributed by atoms with E-state index in [2.05, 4.69) is 15.8 Å². The van der Waals surface area contributed by atoms with E-state index < -0.39 is 0 Å². The molecule has 1 aliphatic rings. The molecular formula is C24H29N3O6. The van der Waals surface area contributed by atoms with E-state index in [9.17, 15) is 9.59 Å². The van der Waals surface area contributed by atoms with Gasteiger partial charge in [0.1, 0.15) is 5.75 Å². The van der Waals surface area contributed by atoms with Gasteiger partial charge in [-0.3, -0.25) is 9.59 Å². The highest BCUT2D eigenvalue weighted by atomic mass is 16.5. The van der Waals surface area contributed by atoms with Crippen molar-refractivity contribution in [2.45, 2.75) is 25.4 Å². The van der Waals surface area contributed by atoms with Crippen LogP contribution in [0.5, 0.6) is 17.2 Å². The van der Waals surface area contributed by atoms with E-state index in [1.807, 2.05) is 0 Å². The maximum absolute atomic E-state index is 12.1. The largest absolute Gasteiger partial charge is 0.493 e. The molecule has 1 saturated heterocycles. The molecular weight excluding hydrogens is 426 g/mol. The predicted octanol–water partition coefficient (Wildman–Crippen LogP) is 2.07. The Morgan fingerprint density at radius 3 is 2.58 bits per heavy atom. The Balaban J connectivity index is 1.39. The fraction of sp³-hybridized carbons (Fsp3) is 0.375. The van der Waals surface area contributed by atoms with E-state index in [4.69, 9.17) is 18.9 Å². The van der Waals surface area contributed by atoms with Gasteiger partial charge < -0.3 is 24.3 Å². The molecule has 0 unspecified atom stereocenters. The molecule has 33 heavy (non-hydrogen) atoms. The van der Waals surface area contributed by atoms with Crippen molar-refractivity contribution in [1.29, 1.82) is 0 Å². The molecule has 0 radical (unpaired) electrons. The summed E-state index contributed by atoms with van der Waals surface area (Å²) in [6, 6.07) is 12.3. The Kier molecular flexibility index (Phi) is 9.08. The summed E-state index contributed by atoms with van der Waals surface area (Å²) >= 11 is 0. The van der Waals surface area contributed by atoms with E-state index in [0.29, 0.717) is 23.8 Å². The molecule has 9 heteroatoms. The molecule has 0 saturated carbocycles. The highest BCUT2D eigenvalue weighted by molar-refractivity contribution is 5.83. The van der Waals surface area contributed by atoms with Gasteiger partial charge in [-0.2, -0.15) is 5.10 Å². The summed E-state index contributed by atoms with van der Waals surface area (Å²) in [5.41, 5.74) is 4.06. The van der Waals surface area contributed by atoms with Crippen LogP contribution in [0.2, 0.25) is 0 Å². The highest BCUT2D eigenvalue weighted by Crippen LogP contribution is 2.27. The molecule has 1 aliphatic heterocycles. The summed E-state index contributed by atoms with van der Waals surface area (Å²) in [6.07, 6.45) is 3.80. The highest BCUT2D eigenvalue weighted by Gasteiger charge is 2.16. The maximum Gasteiger partial charge on any atom is 0.258 e. The SMILES string of the molecule is COc1ccc(CC(=O)N/N=C\c2ccc(OCC(=O)NC[C@H]3CCCO3)cc2)cc1OC. The Morgan fingerprint density at radius 2 is 1.88 bits per heavy atom. The van der Waals surface area contributed by atoms with Gasteiger partial charge in [0.05, 0.1) is 33.0 Å². The van der Waals surface area contributed by atoms with E-state index in [-0.39, 0.29) is 30.9 Å². The smallest absolute Gasteiger partial charge is 0.258 e. The Labute approximate surface area is 193 Å². The van der Waals surface area contributed by atoms with E-state index >= 15 is 0 Å². The van der Waals surface area contributed by atoms with Crippen molar-refractivity contribution in [1.82, 2.24) is 10.7 Å². The number of carbonyl (C=O) groups is 2. The number of rotatable bonds is 11. The van der Waals surface area contributed by atoms with Crippen molar-refractivity contribution < 1.29 is 28.5 Å². The van der Waals surface area contributed by atoms with Gasteiger partial charge in [-0.1, -0.05) is 6.07 Å². The van der Waals surface area contributed by atoms with Crippen molar-refractivity contribution in [2.24, 2.45) is 5.10 Å². The molecule has 0 bridgehead atoms. The average molecular weight is 456 g/mol. The third-order valence-corrected chi connectivity index (χ3v) is 5.02. The summed E-state index contributed by atoms with van der Waals surface area (Å²) < 4.78 is 21.4. The molecule has 1 heterocycles. The molecule has 2 amide bonds. The maximum atomic E-state index is 12.1. The van der Waals surface area contributed by atoms with Crippen molar-refractivity contribution >= 4 is 18.0 Å². The lowest BCUT2D eigenvalue weighted by atomic mass is 10.1. The summed E-state index contributed by atoms with van der Waals surface area (Å²) in [7, 11) is 3.10. The fourth-order valence-corrected chi connectivity index (χ4v) is 3.28. The quantitative estimate of drug-likeness (QED) is 0.397. The molecule has 2 N–H and O–H groups in total. The van der Waals surface area contributed by atoms with Gasteiger partial charge in [0.15, 0.2) is 18.1 Å². The molecule has 3 rings (SSSR count). The molecule has 9 nitrogen and oxygen atoms in total. The van der Waals surface area contributed by atoms with Crippen molar-refractivity contribution in [3.63, 3.8) is 0 Å². The average Bonchev–Trinajstić information content (AvgIpc) is 3.36. The second kappa shape index (κ2) is 12.4. The van der Waals surface area contributed by atoms with E-state index in [1.165, 1.54) is 6.21 Å². The number of carbonyl (C=O) groups excluding carboxylic acids is 2. The van der Waals surface area contributed by atoms with Crippen LogP contribution in [0.3, 0.4) is 0 Å². The Morgan fingerprint density at radius 1 is 1.09 bits per heavy atom. The third-order valence-electron chi connectivity index (χ3n) is 5.02. The van der Waals surface area contributed by atoms with Crippen LogP contribution < -0.4 is 25.0 Å². The lowest BCUT2D eigenvalue weighted by molar-refractivity contribution is -0.123. The van der Waals surface area contributed by atoms with Crippen molar-refractivity contribution in [3.05, 3.63) is 53.6 Å². The Hall–Kier alpha value is -3.59. The molecule has 1 fully saturated rings. The normalized spacial score (nSPS) is 15.3. The molecule has 0 aliphatic carbocycles. The van der Waals surface area contributed by atoms with Gasteiger partial charge in [0, 0.05) is 13.2 Å². The summed E-state index contributed by atoms with van der Waals surface area (Å²) in [5.74, 6) is 1.29. The van der Waals surface area contributed by atoms with Crippen LogP contribution in [0.25, 0.3) is 0 Å². The number of ether oxygens (including phenoxy) is 4. The standard InChI is InChI=1S/C24H29N3O6/c1-30-21-10-7-18(12-22(21)31-2)13-23(28)27-26-14-17-5-8-19(9-6-17)33-16-24(29)25-15-20-4-3-11-32-20/h5-10,12,14,20H,3-4,11,13,15-16H2,1-2H3,(H,25,29)(H,27,28)/b26-14-/t20-/m1/s1. The molecule has 2 aromatic carbocycles. The first-order valence-electron chi connectivity index (χ1n) is 10.7. The molecule has 0 aromatic heterocycles. The number of nitrogens with one attached hydrogen (secondary N) is 2. The summed E-state index contributed by atoms with van der Waals surface area (Å²) in [4.78, 5) is 24.0. The number of hydrogen-bond acceptors (Lipinski definition) is 7. The molecule has 176 valence electrons.